The summed E-state index contributed by atoms with van der Waals surface area (Å²) < 4.78 is 49.9. The molecule has 0 bridgehead atoms. The van der Waals surface area contributed by atoms with Crippen molar-refractivity contribution >= 4 is 5.91 Å². The van der Waals surface area contributed by atoms with Crippen molar-refractivity contribution in [2.24, 2.45) is 5.92 Å². The number of halogens is 3. The van der Waals surface area contributed by atoms with Gasteiger partial charge in [-0.05, 0) is 31.0 Å². The first-order chi connectivity index (χ1) is 10.3. The smallest absolute Gasteiger partial charge is 0.412 e. The van der Waals surface area contributed by atoms with Gasteiger partial charge in [0.05, 0.1) is 19.1 Å². The molecule has 2 rings (SSSR count). The van der Waals surface area contributed by atoms with Crippen molar-refractivity contribution in [1.29, 1.82) is 0 Å². The number of benzene rings is 1. The molecule has 122 valence electrons. The van der Waals surface area contributed by atoms with Crippen molar-refractivity contribution in [2.45, 2.75) is 31.7 Å². The van der Waals surface area contributed by atoms with Gasteiger partial charge in [-0.3, -0.25) is 4.79 Å². The maximum absolute atomic E-state index is 13.3. The fourth-order valence-electron chi connectivity index (χ4n) is 2.48. The number of carbonyl (C=O) groups is 1. The molecule has 1 saturated heterocycles. The van der Waals surface area contributed by atoms with Gasteiger partial charge in [0.2, 0.25) is 5.91 Å². The molecule has 1 aliphatic rings. The zero-order valence-electron chi connectivity index (χ0n) is 12.3. The molecule has 1 aromatic carbocycles. The Balaban J connectivity index is 2.17. The van der Waals surface area contributed by atoms with Gasteiger partial charge in [-0.25, -0.2) is 0 Å². The van der Waals surface area contributed by atoms with Crippen molar-refractivity contribution in [3.05, 3.63) is 29.8 Å². The third kappa shape index (κ3) is 3.71. The quantitative estimate of drug-likeness (QED) is 0.929. The van der Waals surface area contributed by atoms with E-state index in [9.17, 15) is 18.0 Å². The highest BCUT2D eigenvalue weighted by atomic mass is 19.4. The van der Waals surface area contributed by atoms with Gasteiger partial charge in [-0.1, -0.05) is 12.1 Å². The van der Waals surface area contributed by atoms with Crippen molar-refractivity contribution in [1.82, 2.24) is 5.32 Å². The van der Waals surface area contributed by atoms with Crippen LogP contribution >= 0.6 is 0 Å². The zero-order chi connectivity index (χ0) is 16.3. The number of ether oxygens (including phenoxy) is 2. The molecular weight excluding hydrogens is 299 g/mol. The molecular formula is C15H18F3NO3. The van der Waals surface area contributed by atoms with E-state index in [1.807, 2.05) is 0 Å². The Morgan fingerprint density at radius 2 is 2.00 bits per heavy atom. The van der Waals surface area contributed by atoms with Crippen LogP contribution in [0.2, 0.25) is 0 Å². The van der Waals surface area contributed by atoms with E-state index < -0.39 is 24.0 Å². The van der Waals surface area contributed by atoms with Crippen LogP contribution in [0.25, 0.3) is 0 Å². The second-order valence-electron chi connectivity index (χ2n) is 5.23. The highest BCUT2D eigenvalue weighted by molar-refractivity contribution is 5.80. The summed E-state index contributed by atoms with van der Waals surface area (Å²) in [5.41, 5.74) is -0.0341. The largest absolute Gasteiger partial charge is 0.497 e. The van der Waals surface area contributed by atoms with E-state index in [4.69, 9.17) is 9.47 Å². The number of methoxy groups -OCH3 is 1. The fourth-order valence-corrected chi connectivity index (χ4v) is 2.48. The second kappa shape index (κ2) is 6.56. The van der Waals surface area contributed by atoms with Crippen LogP contribution in [0.1, 0.15) is 24.9 Å². The lowest BCUT2D eigenvalue weighted by atomic mass is 9.99. The van der Waals surface area contributed by atoms with Crippen LogP contribution < -0.4 is 10.1 Å². The average molecular weight is 317 g/mol. The lowest BCUT2D eigenvalue weighted by Crippen LogP contribution is -2.42. The van der Waals surface area contributed by atoms with Gasteiger partial charge in [0.15, 0.2) is 6.04 Å². The summed E-state index contributed by atoms with van der Waals surface area (Å²) in [6.45, 7) is 2.08. The Morgan fingerprint density at radius 3 is 2.45 bits per heavy atom. The first-order valence-electron chi connectivity index (χ1n) is 6.95. The molecule has 0 aromatic heterocycles. The van der Waals surface area contributed by atoms with Crippen LogP contribution in [-0.4, -0.2) is 31.9 Å². The maximum Gasteiger partial charge on any atom is 0.412 e. The van der Waals surface area contributed by atoms with Crippen LogP contribution in [0.4, 0.5) is 13.2 Å². The van der Waals surface area contributed by atoms with Crippen LogP contribution in [0.3, 0.4) is 0 Å². The molecule has 1 N–H and O–H groups in total. The van der Waals surface area contributed by atoms with Crippen molar-refractivity contribution in [2.75, 3.05) is 13.7 Å². The summed E-state index contributed by atoms with van der Waals surface area (Å²) in [7, 11) is 1.43. The Bertz CT molecular complexity index is 516. The summed E-state index contributed by atoms with van der Waals surface area (Å²) in [5, 5.41) is 2.10. The standard InChI is InChI=1S/C15H18F3NO3/c1-9-12(7-8-22-9)14(20)19-13(15(16,17)18)10-3-5-11(21-2)6-4-10/h3-6,9,12-13H,7-8H2,1-2H3,(H,19,20)/t9-,12-,13+/m1/s1. The molecule has 0 unspecified atom stereocenters. The van der Waals surface area contributed by atoms with E-state index in [1.54, 1.807) is 6.92 Å². The first-order valence-corrected chi connectivity index (χ1v) is 6.95. The molecule has 1 aliphatic heterocycles. The number of amides is 1. The second-order valence-corrected chi connectivity index (χ2v) is 5.23. The van der Waals surface area contributed by atoms with E-state index in [1.165, 1.54) is 31.4 Å². The van der Waals surface area contributed by atoms with E-state index >= 15 is 0 Å². The third-order valence-corrected chi connectivity index (χ3v) is 3.78. The van der Waals surface area contributed by atoms with Crippen LogP contribution in [-0.2, 0) is 9.53 Å². The van der Waals surface area contributed by atoms with Crippen LogP contribution in [0.5, 0.6) is 5.75 Å². The van der Waals surface area contributed by atoms with Gasteiger partial charge < -0.3 is 14.8 Å². The van der Waals surface area contributed by atoms with Gasteiger partial charge in [0.1, 0.15) is 5.75 Å². The molecule has 1 amide bonds. The Hall–Kier alpha value is -1.76. The molecule has 3 atom stereocenters. The Labute approximate surface area is 126 Å². The minimum Gasteiger partial charge on any atom is -0.497 e. The zero-order valence-corrected chi connectivity index (χ0v) is 12.3. The lowest BCUT2D eigenvalue weighted by molar-refractivity contribution is -0.165. The number of rotatable bonds is 4. The SMILES string of the molecule is COc1ccc([C@H](NC(=O)[C@@H]2CCO[C@@H]2C)C(F)(F)F)cc1. The first kappa shape index (κ1) is 16.6. The van der Waals surface area contributed by atoms with E-state index in [0.29, 0.717) is 18.8 Å². The van der Waals surface area contributed by atoms with Gasteiger partial charge >= 0.3 is 6.18 Å². The summed E-state index contributed by atoms with van der Waals surface area (Å²) in [6.07, 6.45) is -4.52. The predicted molar refractivity (Wildman–Crippen MR) is 73.5 cm³/mol. The van der Waals surface area contributed by atoms with Crippen molar-refractivity contribution < 1.29 is 27.4 Å². The molecule has 0 saturated carbocycles. The molecule has 7 heteroatoms. The Kier molecular flexibility index (Phi) is 4.95. The van der Waals surface area contributed by atoms with Gasteiger partial charge in [0, 0.05) is 6.61 Å². The minimum atomic E-state index is -4.58. The molecule has 1 aromatic rings. The van der Waals surface area contributed by atoms with Gasteiger partial charge in [0.25, 0.3) is 0 Å². The maximum atomic E-state index is 13.3. The summed E-state index contributed by atoms with van der Waals surface area (Å²) in [6, 6.07) is 3.42. The normalized spacial score (nSPS) is 23.1. The number of nitrogens with one attached hydrogen (secondary N) is 1. The molecule has 0 aliphatic carbocycles. The fraction of sp³-hybridized carbons (Fsp3) is 0.533. The lowest BCUT2D eigenvalue weighted by Gasteiger charge is -2.24. The third-order valence-electron chi connectivity index (χ3n) is 3.78. The average Bonchev–Trinajstić information content (AvgIpc) is 2.90. The number of alkyl halides is 3. The van der Waals surface area contributed by atoms with Crippen molar-refractivity contribution in [3.63, 3.8) is 0 Å². The summed E-state index contributed by atoms with van der Waals surface area (Å²) in [5.74, 6) is -0.736. The van der Waals surface area contributed by atoms with Crippen molar-refractivity contribution in [3.8, 4) is 5.75 Å². The highest BCUT2D eigenvalue weighted by Gasteiger charge is 2.43. The van der Waals surface area contributed by atoms with E-state index in [0.717, 1.165) is 0 Å². The van der Waals surface area contributed by atoms with E-state index in [2.05, 4.69) is 5.32 Å². The summed E-state index contributed by atoms with van der Waals surface area (Å²) >= 11 is 0. The van der Waals surface area contributed by atoms with Crippen LogP contribution in [0.15, 0.2) is 24.3 Å². The summed E-state index contributed by atoms with van der Waals surface area (Å²) in [4.78, 5) is 12.1. The van der Waals surface area contributed by atoms with Gasteiger partial charge in [-0.15, -0.1) is 0 Å². The predicted octanol–water partition coefficient (Wildman–Crippen LogP) is 2.84. The number of hydrogen-bond acceptors (Lipinski definition) is 3. The minimum absolute atomic E-state index is 0.0341. The molecule has 4 nitrogen and oxygen atoms in total. The molecule has 0 radical (unpaired) electrons. The Morgan fingerprint density at radius 1 is 1.36 bits per heavy atom. The highest BCUT2D eigenvalue weighted by Crippen LogP contribution is 2.34. The topological polar surface area (TPSA) is 47.6 Å². The number of hydrogen-bond donors (Lipinski definition) is 1. The monoisotopic (exact) mass is 317 g/mol. The van der Waals surface area contributed by atoms with Crippen LogP contribution in [0, 0.1) is 5.92 Å². The van der Waals surface area contributed by atoms with Gasteiger partial charge in [-0.2, -0.15) is 13.2 Å². The molecule has 0 spiro atoms. The molecule has 22 heavy (non-hydrogen) atoms. The molecule has 1 fully saturated rings. The number of carbonyl (C=O) groups excluding carboxylic acids is 1. The molecule has 1 heterocycles. The van der Waals surface area contributed by atoms with E-state index in [-0.39, 0.29) is 11.7 Å².